The van der Waals surface area contributed by atoms with Crippen molar-refractivity contribution in [3.8, 4) is 0 Å². The molecule has 0 unspecified atom stereocenters. The molecule has 0 spiro atoms. The van der Waals surface area contributed by atoms with Gasteiger partial charge in [-0.05, 0) is 43.0 Å². The molecule has 0 N–H and O–H groups in total. The zero-order valence-corrected chi connectivity index (χ0v) is 16.5. The Hall–Kier alpha value is -2.77. The molecular formula is C21H25F2N5O. The van der Waals surface area contributed by atoms with Crippen LogP contribution in [0.25, 0.3) is 0 Å². The fraction of sp³-hybridized carbons (Fsp3) is 0.476. The average Bonchev–Trinajstić information content (AvgIpc) is 2.74. The van der Waals surface area contributed by atoms with Crippen LogP contribution in [0.15, 0.2) is 30.3 Å². The summed E-state index contributed by atoms with van der Waals surface area (Å²) in [5.41, 5.74) is -0.0974. The number of aromatic nitrogens is 2. The SMILES string of the molecule is CC1CCN(c2ccc(N3CCN(C(=O)c4ccc(F)cc4F)CC3)nn2)CC1. The van der Waals surface area contributed by atoms with Crippen molar-refractivity contribution < 1.29 is 13.6 Å². The monoisotopic (exact) mass is 401 g/mol. The number of piperidine rings is 1. The van der Waals surface area contributed by atoms with E-state index in [-0.39, 0.29) is 5.56 Å². The third-order valence-electron chi connectivity index (χ3n) is 5.80. The maximum atomic E-state index is 13.9. The summed E-state index contributed by atoms with van der Waals surface area (Å²) in [6.45, 7) is 6.37. The van der Waals surface area contributed by atoms with Gasteiger partial charge in [-0.3, -0.25) is 4.79 Å². The Morgan fingerprint density at radius 2 is 1.48 bits per heavy atom. The van der Waals surface area contributed by atoms with Gasteiger partial charge >= 0.3 is 0 Å². The number of piperazine rings is 1. The van der Waals surface area contributed by atoms with Gasteiger partial charge in [-0.2, -0.15) is 0 Å². The van der Waals surface area contributed by atoms with Gasteiger partial charge in [0.1, 0.15) is 11.6 Å². The van der Waals surface area contributed by atoms with E-state index in [1.54, 1.807) is 4.90 Å². The number of carbonyl (C=O) groups is 1. The molecule has 0 radical (unpaired) electrons. The highest BCUT2D eigenvalue weighted by Gasteiger charge is 2.25. The van der Waals surface area contributed by atoms with Crippen LogP contribution in [0.1, 0.15) is 30.1 Å². The van der Waals surface area contributed by atoms with E-state index >= 15 is 0 Å². The smallest absolute Gasteiger partial charge is 0.256 e. The number of carbonyl (C=O) groups excluding carboxylic acids is 1. The Kier molecular flexibility index (Phi) is 5.60. The maximum Gasteiger partial charge on any atom is 0.256 e. The highest BCUT2D eigenvalue weighted by atomic mass is 19.1. The van der Waals surface area contributed by atoms with Gasteiger partial charge in [0.05, 0.1) is 5.56 Å². The molecule has 0 saturated carbocycles. The molecule has 1 aromatic heterocycles. The van der Waals surface area contributed by atoms with Gasteiger partial charge in [-0.15, -0.1) is 10.2 Å². The molecule has 0 bridgehead atoms. The van der Waals surface area contributed by atoms with Crippen LogP contribution in [0.4, 0.5) is 20.4 Å². The molecule has 8 heteroatoms. The van der Waals surface area contributed by atoms with Crippen LogP contribution in [0, 0.1) is 17.6 Å². The lowest BCUT2D eigenvalue weighted by atomic mass is 9.99. The molecule has 2 aliphatic heterocycles. The quantitative estimate of drug-likeness (QED) is 0.792. The minimum Gasteiger partial charge on any atom is -0.355 e. The van der Waals surface area contributed by atoms with Crippen LogP contribution in [-0.2, 0) is 0 Å². The van der Waals surface area contributed by atoms with Gasteiger partial charge in [0.2, 0.25) is 0 Å². The van der Waals surface area contributed by atoms with Crippen LogP contribution in [0.5, 0.6) is 0 Å². The first kappa shape index (κ1) is 19.5. The molecule has 2 aliphatic rings. The van der Waals surface area contributed by atoms with Crippen LogP contribution in [0.3, 0.4) is 0 Å². The summed E-state index contributed by atoms with van der Waals surface area (Å²) < 4.78 is 27.0. The molecule has 0 atom stereocenters. The maximum absolute atomic E-state index is 13.9. The normalized spacial score (nSPS) is 18.2. The molecule has 6 nitrogen and oxygen atoms in total. The van der Waals surface area contributed by atoms with Crippen molar-refractivity contribution in [3.63, 3.8) is 0 Å². The fourth-order valence-electron chi connectivity index (χ4n) is 3.87. The largest absolute Gasteiger partial charge is 0.355 e. The first-order chi connectivity index (χ1) is 14.0. The minimum atomic E-state index is -0.828. The van der Waals surface area contributed by atoms with Gasteiger partial charge in [0.15, 0.2) is 11.6 Å². The molecule has 4 rings (SSSR count). The third kappa shape index (κ3) is 4.31. The zero-order valence-electron chi connectivity index (χ0n) is 16.5. The Balaban J connectivity index is 1.35. The van der Waals surface area contributed by atoms with Gasteiger partial charge in [0.25, 0.3) is 5.91 Å². The molecule has 154 valence electrons. The lowest BCUT2D eigenvalue weighted by molar-refractivity contribution is 0.0741. The van der Waals surface area contributed by atoms with Gasteiger partial charge in [-0.1, -0.05) is 6.92 Å². The Morgan fingerprint density at radius 3 is 2.03 bits per heavy atom. The summed E-state index contributed by atoms with van der Waals surface area (Å²) in [6, 6.07) is 7.02. The van der Waals surface area contributed by atoms with Crippen LogP contribution in [-0.4, -0.2) is 60.3 Å². The molecule has 29 heavy (non-hydrogen) atoms. The molecular weight excluding hydrogens is 376 g/mol. The van der Waals surface area contributed by atoms with Crippen molar-refractivity contribution in [2.24, 2.45) is 5.92 Å². The van der Waals surface area contributed by atoms with E-state index in [2.05, 4.69) is 26.9 Å². The molecule has 2 fully saturated rings. The standard InChI is InChI=1S/C21H25F2N5O/c1-15-6-8-26(9-7-15)19-4-5-20(25-24-19)27-10-12-28(13-11-27)21(29)17-3-2-16(22)14-18(17)23/h2-5,14-15H,6-13H2,1H3. The summed E-state index contributed by atoms with van der Waals surface area (Å²) >= 11 is 0. The number of benzene rings is 1. The lowest BCUT2D eigenvalue weighted by Gasteiger charge is -2.35. The molecule has 0 aliphatic carbocycles. The third-order valence-corrected chi connectivity index (χ3v) is 5.80. The van der Waals surface area contributed by atoms with Crippen LogP contribution in [0.2, 0.25) is 0 Å². The predicted octanol–water partition coefficient (Wildman–Crippen LogP) is 2.95. The second kappa shape index (κ2) is 8.31. The highest BCUT2D eigenvalue weighted by Crippen LogP contribution is 2.23. The van der Waals surface area contributed by atoms with Gasteiger partial charge in [-0.25, -0.2) is 8.78 Å². The van der Waals surface area contributed by atoms with E-state index in [0.29, 0.717) is 26.2 Å². The number of anilines is 2. The summed E-state index contributed by atoms with van der Waals surface area (Å²) in [5.74, 6) is 0.514. The van der Waals surface area contributed by atoms with Crippen molar-refractivity contribution in [1.82, 2.24) is 15.1 Å². The predicted molar refractivity (Wildman–Crippen MR) is 107 cm³/mol. The van der Waals surface area contributed by atoms with Crippen molar-refractivity contribution in [2.45, 2.75) is 19.8 Å². The van der Waals surface area contributed by atoms with E-state index in [4.69, 9.17) is 0 Å². The zero-order chi connectivity index (χ0) is 20.4. The molecule has 1 aromatic carbocycles. The van der Waals surface area contributed by atoms with Crippen molar-refractivity contribution in [3.05, 3.63) is 47.5 Å². The minimum absolute atomic E-state index is 0.0974. The summed E-state index contributed by atoms with van der Waals surface area (Å²) in [5, 5.41) is 8.77. The van der Waals surface area contributed by atoms with Crippen molar-refractivity contribution in [2.75, 3.05) is 49.1 Å². The Bertz CT molecular complexity index is 860. The van der Waals surface area contributed by atoms with E-state index in [0.717, 1.165) is 42.8 Å². The number of amides is 1. The van der Waals surface area contributed by atoms with Crippen molar-refractivity contribution in [1.29, 1.82) is 0 Å². The second-order valence-electron chi connectivity index (χ2n) is 7.82. The Morgan fingerprint density at radius 1 is 0.897 bits per heavy atom. The number of hydrogen-bond acceptors (Lipinski definition) is 5. The van der Waals surface area contributed by atoms with E-state index < -0.39 is 17.5 Å². The number of rotatable bonds is 3. The van der Waals surface area contributed by atoms with E-state index in [1.165, 1.54) is 18.9 Å². The second-order valence-corrected chi connectivity index (χ2v) is 7.82. The summed E-state index contributed by atoms with van der Waals surface area (Å²) in [4.78, 5) is 18.5. The Labute approximate surface area is 169 Å². The number of halogens is 2. The van der Waals surface area contributed by atoms with Crippen LogP contribution < -0.4 is 9.80 Å². The summed E-state index contributed by atoms with van der Waals surface area (Å²) in [7, 11) is 0. The first-order valence-corrected chi connectivity index (χ1v) is 10.1. The molecule has 2 saturated heterocycles. The van der Waals surface area contributed by atoms with Crippen LogP contribution >= 0.6 is 0 Å². The topological polar surface area (TPSA) is 52.6 Å². The number of nitrogens with zero attached hydrogens (tertiary/aromatic N) is 5. The van der Waals surface area contributed by atoms with Gasteiger partial charge < -0.3 is 14.7 Å². The molecule has 1 amide bonds. The summed E-state index contributed by atoms with van der Waals surface area (Å²) in [6.07, 6.45) is 2.35. The van der Waals surface area contributed by atoms with Gasteiger partial charge in [0, 0.05) is 45.3 Å². The van der Waals surface area contributed by atoms with E-state index in [1.807, 2.05) is 12.1 Å². The first-order valence-electron chi connectivity index (χ1n) is 10.1. The highest BCUT2D eigenvalue weighted by molar-refractivity contribution is 5.94. The van der Waals surface area contributed by atoms with E-state index in [9.17, 15) is 13.6 Å². The average molecular weight is 401 g/mol. The van der Waals surface area contributed by atoms with Crippen molar-refractivity contribution >= 4 is 17.5 Å². The number of hydrogen-bond donors (Lipinski definition) is 0. The molecule has 2 aromatic rings. The molecule has 3 heterocycles. The fourth-order valence-corrected chi connectivity index (χ4v) is 3.87. The lowest BCUT2D eigenvalue weighted by Crippen LogP contribution is -2.49.